The summed E-state index contributed by atoms with van der Waals surface area (Å²) in [6.07, 6.45) is 1.88. The number of amidine groups is 1. The Balaban J connectivity index is 2.38. The number of carbonyl (C=O) groups excluding carboxylic acids is 1. The van der Waals surface area contributed by atoms with Crippen LogP contribution in [0.15, 0.2) is 53.7 Å². The van der Waals surface area contributed by atoms with Gasteiger partial charge >= 0.3 is 0 Å². The normalized spacial score (nSPS) is 11.8. The van der Waals surface area contributed by atoms with Gasteiger partial charge in [0.15, 0.2) is 17.3 Å². The molecule has 6 nitrogen and oxygen atoms in total. The highest BCUT2D eigenvalue weighted by molar-refractivity contribution is 6.45. The largest absolute Gasteiger partial charge is 0.493 e. The van der Waals surface area contributed by atoms with Gasteiger partial charge in [-0.25, -0.2) is 0 Å². The molecule has 0 radical (unpaired) electrons. The van der Waals surface area contributed by atoms with Crippen LogP contribution in [0.25, 0.3) is 5.57 Å². The lowest BCUT2D eigenvalue weighted by molar-refractivity contribution is 0.105. The number of aliphatic imine (C=N–C) groups is 1. The summed E-state index contributed by atoms with van der Waals surface area (Å²) in [5.41, 5.74) is 2.49. The quantitative estimate of drug-likeness (QED) is 0.413. The first-order chi connectivity index (χ1) is 13.5. The maximum Gasteiger partial charge on any atom is 0.228 e. The van der Waals surface area contributed by atoms with Crippen molar-refractivity contribution >= 4 is 17.2 Å². The third-order valence-electron chi connectivity index (χ3n) is 4.29. The minimum atomic E-state index is -0.249. The first kappa shape index (κ1) is 21.0. The third-order valence-corrected chi connectivity index (χ3v) is 4.29. The summed E-state index contributed by atoms with van der Waals surface area (Å²) in [5, 5.41) is 0. The van der Waals surface area contributed by atoms with Gasteiger partial charge in [0, 0.05) is 25.9 Å². The number of ether oxygens (including phenoxy) is 3. The predicted octanol–water partition coefficient (Wildman–Crippen LogP) is 3.92. The number of nitrogens with zero attached hydrogens (tertiary/aromatic N) is 2. The van der Waals surface area contributed by atoms with Crippen molar-refractivity contribution in [2.75, 3.05) is 35.4 Å². The molecule has 0 bridgehead atoms. The molecule has 148 valence electrons. The predicted molar refractivity (Wildman–Crippen MR) is 112 cm³/mol. The van der Waals surface area contributed by atoms with Crippen LogP contribution < -0.4 is 14.2 Å². The summed E-state index contributed by atoms with van der Waals surface area (Å²) in [5.74, 6) is 1.31. The highest BCUT2D eigenvalue weighted by Crippen LogP contribution is 2.38. The van der Waals surface area contributed by atoms with E-state index >= 15 is 0 Å². The second-order valence-electron chi connectivity index (χ2n) is 6.08. The van der Waals surface area contributed by atoms with E-state index in [9.17, 15) is 4.79 Å². The van der Waals surface area contributed by atoms with E-state index in [4.69, 9.17) is 14.2 Å². The molecule has 2 aromatic rings. The zero-order valence-corrected chi connectivity index (χ0v) is 17.1. The van der Waals surface area contributed by atoms with Crippen LogP contribution in [-0.2, 0) is 0 Å². The Bertz CT molecular complexity index is 864. The molecule has 6 heteroatoms. The van der Waals surface area contributed by atoms with Crippen LogP contribution in [0, 0.1) is 0 Å². The molecule has 0 spiro atoms. The standard InChI is InChI=1S/C22H26N2O4/c1-15(16-10-8-7-9-11-16)14-24(3)22(23-2)20(25)17-12-18(26-4)21(28-6)19(13-17)27-5/h7-14H,1-6H3/b15-14+,23-22?. The molecule has 0 amide bonds. The first-order valence-electron chi connectivity index (χ1n) is 8.75. The number of ketones is 1. The van der Waals surface area contributed by atoms with Crippen LogP contribution in [0.1, 0.15) is 22.8 Å². The number of likely N-dealkylation sites (N-methyl/N-ethyl adjacent to an activating group) is 1. The Kier molecular flexibility index (Phi) is 7.21. The molecule has 0 aliphatic rings. The topological polar surface area (TPSA) is 60.4 Å². The van der Waals surface area contributed by atoms with Crippen LogP contribution in [0.4, 0.5) is 0 Å². The summed E-state index contributed by atoms with van der Waals surface area (Å²) in [6, 6.07) is 13.2. The number of carbonyl (C=O) groups is 1. The van der Waals surface area contributed by atoms with E-state index in [1.807, 2.05) is 43.5 Å². The average Bonchev–Trinajstić information content (AvgIpc) is 2.73. The molecule has 28 heavy (non-hydrogen) atoms. The molecule has 0 aromatic heterocycles. The maximum absolute atomic E-state index is 13.1. The summed E-state index contributed by atoms with van der Waals surface area (Å²) in [4.78, 5) is 19.0. The van der Waals surface area contributed by atoms with Crippen LogP contribution >= 0.6 is 0 Å². The fourth-order valence-corrected chi connectivity index (χ4v) is 2.89. The summed E-state index contributed by atoms with van der Waals surface area (Å²) in [7, 11) is 7.93. The van der Waals surface area contributed by atoms with Crippen LogP contribution in [0.5, 0.6) is 17.2 Å². The summed E-state index contributed by atoms with van der Waals surface area (Å²) >= 11 is 0. The molecule has 2 aromatic carbocycles. The number of hydrogen-bond donors (Lipinski definition) is 0. The smallest absolute Gasteiger partial charge is 0.228 e. The van der Waals surface area contributed by atoms with Crippen molar-refractivity contribution in [2.24, 2.45) is 4.99 Å². The zero-order valence-electron chi connectivity index (χ0n) is 17.1. The Morgan fingerprint density at radius 3 is 2.00 bits per heavy atom. The van der Waals surface area contributed by atoms with Gasteiger partial charge in [0.2, 0.25) is 11.5 Å². The van der Waals surface area contributed by atoms with Crippen molar-refractivity contribution < 1.29 is 19.0 Å². The molecular formula is C22H26N2O4. The fourth-order valence-electron chi connectivity index (χ4n) is 2.89. The van der Waals surface area contributed by atoms with Gasteiger partial charge in [-0.15, -0.1) is 0 Å². The minimum absolute atomic E-state index is 0.249. The van der Waals surface area contributed by atoms with E-state index in [-0.39, 0.29) is 5.78 Å². The van der Waals surface area contributed by atoms with Crippen molar-refractivity contribution in [3.05, 3.63) is 59.8 Å². The molecule has 0 aliphatic heterocycles. The van der Waals surface area contributed by atoms with E-state index in [0.29, 0.717) is 28.6 Å². The van der Waals surface area contributed by atoms with Gasteiger partial charge in [-0.05, 0) is 30.2 Å². The van der Waals surface area contributed by atoms with Crippen molar-refractivity contribution in [1.29, 1.82) is 0 Å². The molecule has 0 saturated heterocycles. The number of rotatable bonds is 7. The van der Waals surface area contributed by atoms with Gasteiger partial charge in [-0.3, -0.25) is 9.79 Å². The van der Waals surface area contributed by atoms with E-state index in [1.165, 1.54) is 21.3 Å². The molecule has 0 unspecified atom stereocenters. The maximum atomic E-state index is 13.1. The first-order valence-corrected chi connectivity index (χ1v) is 8.75. The number of Topliss-reactive ketones (excluding diaryl/α,β-unsaturated/α-hetero) is 1. The lowest BCUT2D eigenvalue weighted by atomic mass is 10.1. The van der Waals surface area contributed by atoms with Crippen molar-refractivity contribution in [3.63, 3.8) is 0 Å². The molecule has 2 rings (SSSR count). The molecule has 0 aliphatic carbocycles. The molecule has 0 N–H and O–H groups in total. The highest BCUT2D eigenvalue weighted by Gasteiger charge is 2.22. The molecular weight excluding hydrogens is 356 g/mol. The average molecular weight is 382 g/mol. The lowest BCUT2D eigenvalue weighted by Crippen LogP contribution is -2.30. The highest BCUT2D eigenvalue weighted by atomic mass is 16.5. The van der Waals surface area contributed by atoms with Crippen molar-refractivity contribution in [3.8, 4) is 17.2 Å². The number of methoxy groups -OCH3 is 3. The monoisotopic (exact) mass is 382 g/mol. The molecule has 0 fully saturated rings. The van der Waals surface area contributed by atoms with E-state index in [2.05, 4.69) is 4.99 Å². The molecule has 0 saturated carbocycles. The van der Waals surface area contributed by atoms with Gasteiger partial charge in [0.25, 0.3) is 0 Å². The number of allylic oxidation sites excluding steroid dienone is 1. The molecule has 0 heterocycles. The number of benzene rings is 2. The fraction of sp³-hybridized carbons (Fsp3) is 0.273. The second-order valence-corrected chi connectivity index (χ2v) is 6.08. The zero-order chi connectivity index (χ0) is 20.7. The van der Waals surface area contributed by atoms with Crippen molar-refractivity contribution in [1.82, 2.24) is 4.90 Å². The van der Waals surface area contributed by atoms with Crippen LogP contribution in [-0.4, -0.2) is 51.9 Å². The lowest BCUT2D eigenvalue weighted by Gasteiger charge is -2.19. The Labute approximate surface area is 166 Å². The second kappa shape index (κ2) is 9.60. The van der Waals surface area contributed by atoms with Gasteiger partial charge in [-0.2, -0.15) is 0 Å². The van der Waals surface area contributed by atoms with Gasteiger partial charge < -0.3 is 19.1 Å². The van der Waals surface area contributed by atoms with Crippen LogP contribution in [0.2, 0.25) is 0 Å². The Hall–Kier alpha value is -3.28. The molecule has 0 atom stereocenters. The summed E-state index contributed by atoms with van der Waals surface area (Å²) in [6.45, 7) is 1.99. The minimum Gasteiger partial charge on any atom is -0.493 e. The van der Waals surface area contributed by atoms with Gasteiger partial charge in [0.05, 0.1) is 21.3 Å². The van der Waals surface area contributed by atoms with E-state index in [1.54, 1.807) is 31.1 Å². The van der Waals surface area contributed by atoms with Gasteiger partial charge in [0.1, 0.15) is 0 Å². The Morgan fingerprint density at radius 2 is 1.54 bits per heavy atom. The van der Waals surface area contributed by atoms with Gasteiger partial charge in [-0.1, -0.05) is 30.3 Å². The third kappa shape index (κ3) is 4.52. The Morgan fingerprint density at radius 1 is 0.964 bits per heavy atom. The number of hydrogen-bond acceptors (Lipinski definition) is 5. The van der Waals surface area contributed by atoms with Crippen LogP contribution in [0.3, 0.4) is 0 Å². The van der Waals surface area contributed by atoms with Crippen molar-refractivity contribution in [2.45, 2.75) is 6.92 Å². The van der Waals surface area contributed by atoms with E-state index in [0.717, 1.165) is 11.1 Å². The SMILES string of the molecule is CN=C(C(=O)c1cc(OC)c(OC)c(OC)c1)N(C)/C=C(\C)c1ccccc1. The summed E-state index contributed by atoms with van der Waals surface area (Å²) < 4.78 is 16.0. The van der Waals surface area contributed by atoms with E-state index < -0.39 is 0 Å².